The van der Waals surface area contributed by atoms with E-state index in [9.17, 15) is 0 Å². The summed E-state index contributed by atoms with van der Waals surface area (Å²) in [6, 6.07) is 27.6. The molecule has 0 amide bonds. The van der Waals surface area contributed by atoms with Crippen molar-refractivity contribution in [3.05, 3.63) is 102 Å². The Kier molecular flexibility index (Phi) is 5.02. The third-order valence-corrected chi connectivity index (χ3v) is 8.64. The van der Waals surface area contributed by atoms with Gasteiger partial charge < -0.3 is 4.57 Å². The first-order valence-electron chi connectivity index (χ1n) is 9.40. The standard InChI is InChI=1S/C24H24N3P/c1-19-11-10-12-20(2)23(19)26-28(21-13-6-4-7-14-21,22-15-8-5-9-16-22)24-25-17-18-27(24)3/h4-18H,1-3H3. The molecular formula is C24H24N3P. The zero-order valence-electron chi connectivity index (χ0n) is 16.4. The molecule has 0 unspecified atom stereocenters. The summed E-state index contributed by atoms with van der Waals surface area (Å²) < 4.78 is 7.68. The maximum Gasteiger partial charge on any atom is 0.157 e. The molecule has 28 heavy (non-hydrogen) atoms. The Morgan fingerprint density at radius 2 is 1.29 bits per heavy atom. The van der Waals surface area contributed by atoms with E-state index in [1.807, 2.05) is 12.4 Å². The number of benzene rings is 3. The highest BCUT2D eigenvalue weighted by atomic mass is 31.2. The minimum absolute atomic E-state index is 1.01. The van der Waals surface area contributed by atoms with Gasteiger partial charge in [-0.3, -0.25) is 4.74 Å². The zero-order chi connectivity index (χ0) is 19.6. The average Bonchev–Trinajstić information content (AvgIpc) is 3.16. The molecule has 1 heterocycles. The monoisotopic (exact) mass is 385 g/mol. The average molecular weight is 385 g/mol. The molecule has 4 aromatic rings. The lowest BCUT2D eigenvalue weighted by molar-refractivity contribution is 0.951. The summed E-state index contributed by atoms with van der Waals surface area (Å²) in [6.45, 7) is 4.27. The lowest BCUT2D eigenvalue weighted by Crippen LogP contribution is -2.30. The van der Waals surface area contributed by atoms with E-state index in [-0.39, 0.29) is 0 Å². The van der Waals surface area contributed by atoms with Crippen LogP contribution >= 0.6 is 7.05 Å². The maximum atomic E-state index is 5.56. The molecule has 0 bridgehead atoms. The van der Waals surface area contributed by atoms with Crippen LogP contribution in [0.2, 0.25) is 0 Å². The molecule has 0 N–H and O–H groups in total. The van der Waals surface area contributed by atoms with Gasteiger partial charge in [-0.05, 0) is 25.0 Å². The molecule has 0 atom stereocenters. The van der Waals surface area contributed by atoms with Crippen LogP contribution in [0.1, 0.15) is 11.1 Å². The van der Waals surface area contributed by atoms with E-state index in [0.29, 0.717) is 0 Å². The van der Waals surface area contributed by atoms with Crippen molar-refractivity contribution in [1.82, 2.24) is 9.55 Å². The van der Waals surface area contributed by atoms with Crippen molar-refractivity contribution in [3.8, 4) is 0 Å². The van der Waals surface area contributed by atoms with Gasteiger partial charge in [-0.1, -0.05) is 78.9 Å². The fourth-order valence-corrected chi connectivity index (χ4v) is 7.27. The van der Waals surface area contributed by atoms with E-state index in [0.717, 1.165) is 11.3 Å². The zero-order valence-corrected chi connectivity index (χ0v) is 17.3. The number of hydrogen-bond acceptors (Lipinski definition) is 2. The summed E-state index contributed by atoms with van der Waals surface area (Å²) in [4.78, 5) is 4.82. The van der Waals surface area contributed by atoms with Crippen molar-refractivity contribution in [2.45, 2.75) is 13.8 Å². The van der Waals surface area contributed by atoms with Gasteiger partial charge in [0.25, 0.3) is 0 Å². The van der Waals surface area contributed by atoms with Crippen molar-refractivity contribution in [2.75, 3.05) is 0 Å². The molecule has 0 fully saturated rings. The van der Waals surface area contributed by atoms with Crippen molar-refractivity contribution < 1.29 is 0 Å². The van der Waals surface area contributed by atoms with Crippen molar-refractivity contribution in [2.24, 2.45) is 11.8 Å². The largest absolute Gasteiger partial charge is 0.333 e. The molecule has 0 radical (unpaired) electrons. The summed E-state index contributed by atoms with van der Waals surface area (Å²) >= 11 is 0. The molecule has 4 rings (SSSR count). The number of aromatic nitrogens is 2. The van der Waals surface area contributed by atoms with Crippen molar-refractivity contribution in [3.63, 3.8) is 0 Å². The molecule has 0 spiro atoms. The van der Waals surface area contributed by atoms with Gasteiger partial charge in [-0.2, -0.15) is 0 Å². The molecule has 0 saturated carbocycles. The first kappa shape index (κ1) is 18.5. The Balaban J connectivity index is 2.20. The second-order valence-corrected chi connectivity index (χ2v) is 9.89. The van der Waals surface area contributed by atoms with E-state index in [1.54, 1.807) is 0 Å². The molecule has 0 saturated heterocycles. The van der Waals surface area contributed by atoms with Gasteiger partial charge >= 0.3 is 0 Å². The minimum atomic E-state index is -2.34. The number of hydrogen-bond donors (Lipinski definition) is 0. The molecule has 3 aromatic carbocycles. The van der Waals surface area contributed by atoms with Crippen LogP contribution in [0.3, 0.4) is 0 Å². The fraction of sp³-hybridized carbons (Fsp3) is 0.125. The second kappa shape index (κ2) is 7.61. The molecule has 140 valence electrons. The Morgan fingerprint density at radius 1 is 0.750 bits per heavy atom. The van der Waals surface area contributed by atoms with Crippen LogP contribution < -0.4 is 16.2 Å². The third kappa shape index (κ3) is 3.12. The SMILES string of the molecule is Cc1cccc(C)c1N=P(c1ccccc1)(c1ccccc1)c1nccn1C. The van der Waals surface area contributed by atoms with Crippen LogP contribution in [0, 0.1) is 13.8 Å². The smallest absolute Gasteiger partial charge is 0.157 e. The van der Waals surface area contributed by atoms with Crippen LogP contribution in [0.15, 0.2) is 96.0 Å². The molecule has 0 aliphatic heterocycles. The van der Waals surface area contributed by atoms with Crippen molar-refractivity contribution in [1.29, 1.82) is 0 Å². The molecule has 0 aliphatic carbocycles. The molecule has 3 nitrogen and oxygen atoms in total. The normalized spacial score (nSPS) is 11.4. The van der Waals surface area contributed by atoms with E-state index < -0.39 is 7.05 Å². The van der Waals surface area contributed by atoms with Gasteiger partial charge in [0, 0.05) is 30.1 Å². The summed E-state index contributed by atoms with van der Waals surface area (Å²) in [5, 5.41) is 2.41. The van der Waals surface area contributed by atoms with E-state index in [1.165, 1.54) is 21.7 Å². The quantitative estimate of drug-likeness (QED) is 0.462. The van der Waals surface area contributed by atoms with Gasteiger partial charge in [-0.15, -0.1) is 0 Å². The second-order valence-electron chi connectivity index (χ2n) is 6.99. The van der Waals surface area contributed by atoms with Gasteiger partial charge in [0.15, 0.2) is 5.57 Å². The Morgan fingerprint density at radius 3 is 1.75 bits per heavy atom. The highest BCUT2D eigenvalue weighted by molar-refractivity contribution is 7.87. The predicted octanol–water partition coefficient (Wildman–Crippen LogP) is 4.85. The number of nitrogens with zero attached hydrogens (tertiary/aromatic N) is 3. The maximum absolute atomic E-state index is 5.56. The molecule has 1 aromatic heterocycles. The van der Waals surface area contributed by atoms with Crippen LogP contribution in [0.5, 0.6) is 0 Å². The summed E-state index contributed by atoms with van der Waals surface area (Å²) in [7, 11) is -0.283. The number of imidazole rings is 1. The fourth-order valence-electron chi connectivity index (χ4n) is 3.61. The van der Waals surface area contributed by atoms with Crippen LogP contribution in [0.4, 0.5) is 5.69 Å². The minimum Gasteiger partial charge on any atom is -0.333 e. The molecule has 4 heteroatoms. The van der Waals surface area contributed by atoms with Gasteiger partial charge in [0.1, 0.15) is 0 Å². The molecular weight excluding hydrogens is 361 g/mol. The number of rotatable bonds is 4. The van der Waals surface area contributed by atoms with E-state index >= 15 is 0 Å². The topological polar surface area (TPSA) is 30.2 Å². The van der Waals surface area contributed by atoms with Gasteiger partial charge in [-0.25, -0.2) is 4.98 Å². The first-order valence-corrected chi connectivity index (χ1v) is 11.1. The van der Waals surface area contributed by atoms with Crippen LogP contribution in [0.25, 0.3) is 0 Å². The summed E-state index contributed by atoms with van der Waals surface area (Å²) in [5.41, 5.74) is 4.44. The highest BCUT2D eigenvalue weighted by Gasteiger charge is 2.31. The van der Waals surface area contributed by atoms with E-state index in [4.69, 9.17) is 9.73 Å². The predicted molar refractivity (Wildman–Crippen MR) is 120 cm³/mol. The van der Waals surface area contributed by atoms with Crippen LogP contribution in [-0.4, -0.2) is 9.55 Å². The van der Waals surface area contributed by atoms with Crippen molar-refractivity contribution >= 4 is 28.9 Å². The third-order valence-electron chi connectivity index (χ3n) is 5.03. The first-order chi connectivity index (χ1) is 13.6. The Bertz CT molecular complexity index is 1080. The van der Waals surface area contributed by atoms with Crippen LogP contribution in [-0.2, 0) is 7.05 Å². The van der Waals surface area contributed by atoms with E-state index in [2.05, 4.69) is 104 Å². The summed E-state index contributed by atoms with van der Waals surface area (Å²) in [5.74, 6) is 0. The Labute approximate surface area is 166 Å². The molecule has 0 aliphatic rings. The van der Waals surface area contributed by atoms with Gasteiger partial charge in [0.2, 0.25) is 0 Å². The van der Waals surface area contributed by atoms with Gasteiger partial charge in [0.05, 0.1) is 12.7 Å². The lowest BCUT2D eigenvalue weighted by Gasteiger charge is -2.26. The highest BCUT2D eigenvalue weighted by Crippen LogP contribution is 2.49. The lowest BCUT2D eigenvalue weighted by atomic mass is 10.1. The Hall–Kier alpha value is -2.90. The summed E-state index contributed by atoms with van der Waals surface area (Å²) in [6.07, 6.45) is 3.88. The number of aryl methyl sites for hydroxylation is 3.